The van der Waals surface area contributed by atoms with E-state index in [1.54, 1.807) is 27.7 Å². The van der Waals surface area contributed by atoms with Gasteiger partial charge in [0.25, 0.3) is 0 Å². The minimum absolute atomic E-state index is 0.114. The second-order valence-electron chi connectivity index (χ2n) is 5.93. The third kappa shape index (κ3) is 5.32. The number of ether oxygens (including phenoxy) is 2. The Kier molecular flexibility index (Phi) is 5.69. The van der Waals surface area contributed by atoms with Crippen LogP contribution in [0.5, 0.6) is 0 Å². The van der Waals surface area contributed by atoms with Crippen LogP contribution >= 0.6 is 0 Å². The number of likely N-dealkylation sites (tertiary alicyclic amines) is 1. The van der Waals surface area contributed by atoms with Crippen molar-refractivity contribution in [1.82, 2.24) is 4.90 Å². The van der Waals surface area contributed by atoms with Crippen LogP contribution < -0.4 is 0 Å². The first kappa shape index (κ1) is 17.4. The van der Waals surface area contributed by atoms with Gasteiger partial charge in [0.1, 0.15) is 18.2 Å². The number of Topliss-reactive ketones (excluding diaryl/α,β-unsaturated/α-hetero) is 1. The number of alkyl halides is 1. The molecule has 0 aromatic heterocycles. The molecule has 6 nitrogen and oxygen atoms in total. The summed E-state index contributed by atoms with van der Waals surface area (Å²) in [6.07, 6.45) is -2.62. The molecule has 1 saturated heterocycles. The summed E-state index contributed by atoms with van der Waals surface area (Å²) < 4.78 is 23.4. The van der Waals surface area contributed by atoms with Gasteiger partial charge in [-0.1, -0.05) is 0 Å². The van der Waals surface area contributed by atoms with Crippen molar-refractivity contribution in [2.45, 2.75) is 58.4 Å². The molecule has 1 heterocycles. The van der Waals surface area contributed by atoms with Gasteiger partial charge in [-0.05, 0) is 27.7 Å². The average molecular weight is 303 g/mol. The molecule has 1 fully saturated rings. The lowest BCUT2D eigenvalue weighted by atomic mass is 10.1. The molecule has 0 spiro atoms. The molecule has 1 unspecified atom stereocenters. The summed E-state index contributed by atoms with van der Waals surface area (Å²) in [5.74, 6) is -1.20. The van der Waals surface area contributed by atoms with Gasteiger partial charge in [0.15, 0.2) is 5.78 Å². The molecular weight excluding hydrogens is 281 g/mol. The zero-order valence-corrected chi connectivity index (χ0v) is 12.8. The number of ketones is 1. The topological polar surface area (TPSA) is 72.9 Å². The van der Waals surface area contributed by atoms with Crippen LogP contribution in [0, 0.1) is 0 Å². The van der Waals surface area contributed by atoms with E-state index in [0.717, 1.165) is 4.90 Å². The van der Waals surface area contributed by atoms with Crippen LogP contribution in [-0.2, 0) is 19.1 Å². The Morgan fingerprint density at radius 1 is 1.29 bits per heavy atom. The summed E-state index contributed by atoms with van der Waals surface area (Å²) >= 11 is 0. The van der Waals surface area contributed by atoms with E-state index in [1.165, 1.54) is 0 Å². The number of carbonyl (C=O) groups excluding carboxylic acids is 3. The zero-order chi connectivity index (χ0) is 16.2. The average Bonchev–Trinajstić information content (AvgIpc) is 2.69. The quantitative estimate of drug-likeness (QED) is 0.585. The highest BCUT2D eigenvalue weighted by atomic mass is 19.1. The van der Waals surface area contributed by atoms with Gasteiger partial charge in [-0.15, -0.1) is 0 Å². The molecule has 0 N–H and O–H groups in total. The number of halogens is 1. The van der Waals surface area contributed by atoms with Gasteiger partial charge in [-0.2, -0.15) is 0 Å². The van der Waals surface area contributed by atoms with E-state index in [4.69, 9.17) is 4.74 Å². The predicted octanol–water partition coefficient (Wildman–Crippen LogP) is 1.86. The maximum Gasteiger partial charge on any atom is 0.411 e. The van der Waals surface area contributed by atoms with Crippen molar-refractivity contribution < 1.29 is 28.2 Å². The standard InChI is InChI=1S/C14H22FNO5/c1-5-20-12(18)7-11(17)10-6-9(15)8-16(10)13(19)21-14(2,3)4/h9-10H,5-8H2,1-4H3/t9-,10?/m1/s1. The normalized spacial score (nSPS) is 22.0. The maximum atomic E-state index is 13.5. The van der Waals surface area contributed by atoms with Crippen molar-refractivity contribution in [3.63, 3.8) is 0 Å². The molecule has 0 aromatic carbocycles. The second kappa shape index (κ2) is 6.87. The summed E-state index contributed by atoms with van der Waals surface area (Å²) in [7, 11) is 0. The molecule has 21 heavy (non-hydrogen) atoms. The first-order valence-corrected chi connectivity index (χ1v) is 6.96. The van der Waals surface area contributed by atoms with Gasteiger partial charge in [-0.25, -0.2) is 9.18 Å². The van der Waals surface area contributed by atoms with Crippen molar-refractivity contribution in [1.29, 1.82) is 0 Å². The van der Waals surface area contributed by atoms with Crippen molar-refractivity contribution >= 4 is 17.8 Å². The first-order valence-electron chi connectivity index (χ1n) is 6.96. The molecule has 1 amide bonds. The Morgan fingerprint density at radius 2 is 1.90 bits per heavy atom. The van der Waals surface area contributed by atoms with Crippen LogP contribution in [0.4, 0.5) is 9.18 Å². The van der Waals surface area contributed by atoms with Gasteiger partial charge in [0.05, 0.1) is 19.2 Å². The van der Waals surface area contributed by atoms with Crippen LogP contribution in [0.2, 0.25) is 0 Å². The minimum Gasteiger partial charge on any atom is -0.466 e. The Bertz CT molecular complexity index is 418. The van der Waals surface area contributed by atoms with Crippen LogP contribution in [0.1, 0.15) is 40.5 Å². The molecule has 1 aliphatic rings. The summed E-state index contributed by atoms with van der Waals surface area (Å²) in [4.78, 5) is 36.4. The first-order chi connectivity index (χ1) is 9.64. The minimum atomic E-state index is -1.30. The third-order valence-corrected chi connectivity index (χ3v) is 2.87. The van der Waals surface area contributed by atoms with E-state index in [9.17, 15) is 18.8 Å². The lowest BCUT2D eigenvalue weighted by Crippen LogP contribution is -2.44. The number of nitrogens with zero attached hydrogens (tertiary/aromatic N) is 1. The van der Waals surface area contributed by atoms with Crippen LogP contribution in [0.25, 0.3) is 0 Å². The van der Waals surface area contributed by atoms with Gasteiger partial charge in [-0.3, -0.25) is 14.5 Å². The summed E-state index contributed by atoms with van der Waals surface area (Å²) in [6.45, 7) is 6.64. The lowest BCUT2D eigenvalue weighted by molar-refractivity contribution is -0.146. The number of hydrogen-bond donors (Lipinski definition) is 0. The predicted molar refractivity (Wildman–Crippen MR) is 72.5 cm³/mol. The number of amides is 1. The largest absolute Gasteiger partial charge is 0.466 e. The highest BCUT2D eigenvalue weighted by Crippen LogP contribution is 2.24. The highest BCUT2D eigenvalue weighted by molar-refractivity contribution is 5.99. The third-order valence-electron chi connectivity index (χ3n) is 2.87. The number of esters is 1. The lowest BCUT2D eigenvalue weighted by Gasteiger charge is -2.27. The van der Waals surface area contributed by atoms with E-state index in [-0.39, 0.29) is 19.6 Å². The molecule has 0 aliphatic carbocycles. The van der Waals surface area contributed by atoms with Crippen molar-refractivity contribution in [2.24, 2.45) is 0 Å². The highest BCUT2D eigenvalue weighted by Gasteiger charge is 2.41. The summed E-state index contributed by atoms with van der Waals surface area (Å²) in [6, 6.07) is -0.973. The van der Waals surface area contributed by atoms with Crippen molar-refractivity contribution in [3.8, 4) is 0 Å². The van der Waals surface area contributed by atoms with Gasteiger partial charge >= 0.3 is 12.1 Å². The number of carbonyl (C=O) groups is 3. The molecule has 0 aromatic rings. The van der Waals surface area contributed by atoms with Crippen LogP contribution in [0.15, 0.2) is 0 Å². The Hall–Kier alpha value is -1.66. The van der Waals surface area contributed by atoms with Gasteiger partial charge < -0.3 is 9.47 Å². The Balaban J connectivity index is 2.72. The van der Waals surface area contributed by atoms with E-state index in [0.29, 0.717) is 0 Å². The molecular formula is C14H22FNO5. The molecule has 0 saturated carbocycles. The smallest absolute Gasteiger partial charge is 0.411 e. The van der Waals surface area contributed by atoms with E-state index in [2.05, 4.69) is 4.74 Å². The SMILES string of the molecule is CCOC(=O)CC(=O)C1C[C@@H](F)CN1C(=O)OC(C)(C)C. The molecule has 120 valence electrons. The van der Waals surface area contributed by atoms with Crippen LogP contribution in [0.3, 0.4) is 0 Å². The van der Waals surface area contributed by atoms with Crippen molar-refractivity contribution in [2.75, 3.05) is 13.2 Å². The number of rotatable bonds is 4. The number of hydrogen-bond acceptors (Lipinski definition) is 5. The monoisotopic (exact) mass is 303 g/mol. The molecule has 7 heteroatoms. The fraction of sp³-hybridized carbons (Fsp3) is 0.786. The molecule has 2 atom stereocenters. The zero-order valence-electron chi connectivity index (χ0n) is 12.8. The summed E-state index contributed by atoms with van der Waals surface area (Å²) in [5.41, 5.74) is -0.736. The molecule has 1 rings (SSSR count). The fourth-order valence-electron chi connectivity index (χ4n) is 2.08. The van der Waals surface area contributed by atoms with Gasteiger partial charge in [0, 0.05) is 6.42 Å². The summed E-state index contributed by atoms with van der Waals surface area (Å²) in [5, 5.41) is 0. The van der Waals surface area contributed by atoms with E-state index in [1.807, 2.05) is 0 Å². The molecule has 0 bridgehead atoms. The second-order valence-corrected chi connectivity index (χ2v) is 5.93. The molecule has 0 radical (unpaired) electrons. The van der Waals surface area contributed by atoms with Crippen LogP contribution in [-0.4, -0.2) is 53.7 Å². The van der Waals surface area contributed by atoms with Gasteiger partial charge in [0.2, 0.25) is 0 Å². The molecule has 1 aliphatic heterocycles. The van der Waals surface area contributed by atoms with E-state index >= 15 is 0 Å². The maximum absolute atomic E-state index is 13.5. The fourth-order valence-corrected chi connectivity index (χ4v) is 2.08. The van der Waals surface area contributed by atoms with E-state index < -0.39 is 42.1 Å². The Labute approximate surface area is 123 Å². The van der Waals surface area contributed by atoms with Crippen molar-refractivity contribution in [3.05, 3.63) is 0 Å². The Morgan fingerprint density at radius 3 is 2.43 bits per heavy atom.